The van der Waals surface area contributed by atoms with Crippen molar-refractivity contribution in [2.75, 3.05) is 0 Å². The summed E-state index contributed by atoms with van der Waals surface area (Å²) in [5.74, 6) is 0.750. The van der Waals surface area contributed by atoms with E-state index in [-0.39, 0.29) is 5.48 Å². The van der Waals surface area contributed by atoms with Crippen LogP contribution >= 0.6 is 0 Å². The van der Waals surface area contributed by atoms with Gasteiger partial charge in [0.2, 0.25) is 0 Å². The summed E-state index contributed by atoms with van der Waals surface area (Å²) in [6.45, 7) is 8.08. The quantitative estimate of drug-likeness (QED) is 0.503. The minimum absolute atomic E-state index is 0. The average molecular weight is 116 g/mol. The van der Waals surface area contributed by atoms with Crippen LogP contribution in [0.1, 0.15) is 26.7 Å². The SMILES string of the molecule is C=CC(CC)CC.O. The van der Waals surface area contributed by atoms with Gasteiger partial charge >= 0.3 is 0 Å². The van der Waals surface area contributed by atoms with E-state index in [9.17, 15) is 0 Å². The molecule has 0 fully saturated rings. The van der Waals surface area contributed by atoms with E-state index in [1.807, 2.05) is 6.08 Å². The fraction of sp³-hybridized carbons (Fsp3) is 0.714. The second-order valence-electron chi connectivity index (χ2n) is 1.81. The van der Waals surface area contributed by atoms with Crippen LogP contribution in [0, 0.1) is 5.92 Å². The van der Waals surface area contributed by atoms with Crippen molar-refractivity contribution in [3.63, 3.8) is 0 Å². The first kappa shape index (κ1) is 10.6. The maximum absolute atomic E-state index is 3.70. The molecule has 0 amide bonds. The zero-order valence-electron chi connectivity index (χ0n) is 5.78. The zero-order valence-corrected chi connectivity index (χ0v) is 5.78. The molecule has 0 aliphatic heterocycles. The molecule has 0 unspecified atom stereocenters. The van der Waals surface area contributed by atoms with Crippen molar-refractivity contribution in [3.8, 4) is 0 Å². The predicted molar refractivity (Wildman–Crippen MR) is 37.9 cm³/mol. The van der Waals surface area contributed by atoms with E-state index in [0.717, 1.165) is 5.92 Å². The van der Waals surface area contributed by atoms with Crippen LogP contribution < -0.4 is 0 Å². The highest BCUT2D eigenvalue weighted by Crippen LogP contribution is 2.06. The summed E-state index contributed by atoms with van der Waals surface area (Å²) in [6, 6.07) is 0. The lowest BCUT2D eigenvalue weighted by molar-refractivity contribution is 0.607. The van der Waals surface area contributed by atoms with E-state index >= 15 is 0 Å². The third-order valence-electron chi connectivity index (χ3n) is 1.38. The Bertz CT molecular complexity index is 46.3. The van der Waals surface area contributed by atoms with Crippen molar-refractivity contribution in [2.24, 2.45) is 5.92 Å². The Morgan fingerprint density at radius 1 is 1.38 bits per heavy atom. The van der Waals surface area contributed by atoms with Gasteiger partial charge in [-0.05, 0) is 18.8 Å². The van der Waals surface area contributed by atoms with Gasteiger partial charge < -0.3 is 5.48 Å². The van der Waals surface area contributed by atoms with Gasteiger partial charge in [0.25, 0.3) is 0 Å². The van der Waals surface area contributed by atoms with Crippen LogP contribution in [0.25, 0.3) is 0 Å². The largest absolute Gasteiger partial charge is 0.412 e. The lowest BCUT2D eigenvalue weighted by Crippen LogP contribution is -1.87. The van der Waals surface area contributed by atoms with Gasteiger partial charge in [-0.3, -0.25) is 0 Å². The standard InChI is InChI=1S/C7H14.H2O/c1-4-7(5-2)6-3;/h4,7H,1,5-6H2,2-3H3;1H2. The van der Waals surface area contributed by atoms with E-state index < -0.39 is 0 Å². The van der Waals surface area contributed by atoms with Crippen molar-refractivity contribution in [1.29, 1.82) is 0 Å². The molecule has 0 aliphatic carbocycles. The Hall–Kier alpha value is -0.300. The lowest BCUT2D eigenvalue weighted by Gasteiger charge is -2.01. The maximum atomic E-state index is 3.70. The molecule has 0 spiro atoms. The zero-order chi connectivity index (χ0) is 5.70. The third kappa shape index (κ3) is 3.88. The Labute approximate surface area is 51.7 Å². The van der Waals surface area contributed by atoms with E-state index in [0.29, 0.717) is 0 Å². The molecule has 2 N–H and O–H groups in total. The molecule has 0 aromatic rings. The van der Waals surface area contributed by atoms with Gasteiger partial charge in [-0.2, -0.15) is 0 Å². The molecule has 0 aromatic carbocycles. The van der Waals surface area contributed by atoms with Crippen LogP contribution in [0.4, 0.5) is 0 Å². The first-order valence-electron chi connectivity index (χ1n) is 2.97. The van der Waals surface area contributed by atoms with Crippen LogP contribution in [-0.4, -0.2) is 5.48 Å². The lowest BCUT2D eigenvalue weighted by atomic mass is 10.0. The molecule has 0 aliphatic rings. The molecule has 0 rings (SSSR count). The van der Waals surface area contributed by atoms with Crippen LogP contribution in [0.5, 0.6) is 0 Å². The number of hydrogen-bond acceptors (Lipinski definition) is 0. The number of allylic oxidation sites excluding steroid dienone is 1. The normalized spacial score (nSPS) is 8.38. The molecule has 0 radical (unpaired) electrons. The van der Waals surface area contributed by atoms with Gasteiger partial charge in [0.15, 0.2) is 0 Å². The molecular formula is C7H16O. The molecule has 8 heavy (non-hydrogen) atoms. The Kier molecular flexibility index (Phi) is 8.91. The Morgan fingerprint density at radius 3 is 1.75 bits per heavy atom. The first-order chi connectivity index (χ1) is 3.35. The molecule has 0 saturated heterocycles. The fourth-order valence-corrected chi connectivity index (χ4v) is 0.622. The maximum Gasteiger partial charge on any atom is -0.0241 e. The van der Waals surface area contributed by atoms with E-state index in [1.54, 1.807) is 0 Å². The van der Waals surface area contributed by atoms with Gasteiger partial charge in [-0.1, -0.05) is 19.9 Å². The summed E-state index contributed by atoms with van der Waals surface area (Å²) in [4.78, 5) is 0. The van der Waals surface area contributed by atoms with Crippen molar-refractivity contribution >= 4 is 0 Å². The van der Waals surface area contributed by atoms with Gasteiger partial charge in [-0.15, -0.1) is 6.58 Å². The van der Waals surface area contributed by atoms with Crippen molar-refractivity contribution < 1.29 is 5.48 Å². The van der Waals surface area contributed by atoms with E-state index in [4.69, 9.17) is 0 Å². The smallest absolute Gasteiger partial charge is 0.0241 e. The van der Waals surface area contributed by atoms with Crippen molar-refractivity contribution in [3.05, 3.63) is 12.7 Å². The molecule has 50 valence electrons. The van der Waals surface area contributed by atoms with Gasteiger partial charge in [0, 0.05) is 0 Å². The van der Waals surface area contributed by atoms with Crippen LogP contribution in [0.3, 0.4) is 0 Å². The fourth-order valence-electron chi connectivity index (χ4n) is 0.622. The minimum Gasteiger partial charge on any atom is -0.412 e. The highest BCUT2D eigenvalue weighted by molar-refractivity contribution is 4.75. The third-order valence-corrected chi connectivity index (χ3v) is 1.38. The van der Waals surface area contributed by atoms with Crippen molar-refractivity contribution in [2.45, 2.75) is 26.7 Å². The molecule has 0 aromatic heterocycles. The van der Waals surface area contributed by atoms with Crippen LogP contribution in [0.2, 0.25) is 0 Å². The van der Waals surface area contributed by atoms with E-state index in [2.05, 4.69) is 20.4 Å². The summed E-state index contributed by atoms with van der Waals surface area (Å²) in [7, 11) is 0. The topological polar surface area (TPSA) is 31.5 Å². The summed E-state index contributed by atoms with van der Waals surface area (Å²) in [6.07, 6.45) is 4.50. The number of rotatable bonds is 3. The first-order valence-corrected chi connectivity index (χ1v) is 2.97. The summed E-state index contributed by atoms with van der Waals surface area (Å²) in [5.41, 5.74) is 0. The molecule has 0 atom stereocenters. The van der Waals surface area contributed by atoms with Crippen molar-refractivity contribution in [1.82, 2.24) is 0 Å². The van der Waals surface area contributed by atoms with Gasteiger partial charge in [0.05, 0.1) is 0 Å². The molecule has 0 bridgehead atoms. The van der Waals surface area contributed by atoms with Gasteiger partial charge in [0.1, 0.15) is 0 Å². The molecule has 1 heteroatoms. The highest BCUT2D eigenvalue weighted by atomic mass is 16.0. The predicted octanol–water partition coefficient (Wildman–Crippen LogP) is 1.78. The Balaban J connectivity index is 0. The average Bonchev–Trinajstić information content (AvgIpc) is 1.72. The monoisotopic (exact) mass is 116 g/mol. The highest BCUT2D eigenvalue weighted by Gasteiger charge is 1.92. The Morgan fingerprint density at radius 2 is 1.75 bits per heavy atom. The minimum atomic E-state index is 0. The summed E-state index contributed by atoms with van der Waals surface area (Å²) < 4.78 is 0. The summed E-state index contributed by atoms with van der Waals surface area (Å²) in [5, 5.41) is 0. The number of hydrogen-bond donors (Lipinski definition) is 0. The molecule has 1 nitrogen and oxygen atoms in total. The molecule has 0 saturated carbocycles. The van der Waals surface area contributed by atoms with Gasteiger partial charge in [-0.25, -0.2) is 0 Å². The molecule has 0 heterocycles. The second-order valence-corrected chi connectivity index (χ2v) is 1.81. The van der Waals surface area contributed by atoms with E-state index in [1.165, 1.54) is 12.8 Å². The van der Waals surface area contributed by atoms with Crippen LogP contribution in [-0.2, 0) is 0 Å². The molecular weight excluding hydrogens is 100 g/mol. The second kappa shape index (κ2) is 6.70. The summed E-state index contributed by atoms with van der Waals surface area (Å²) >= 11 is 0. The van der Waals surface area contributed by atoms with Crippen LogP contribution in [0.15, 0.2) is 12.7 Å².